The number of halogens is 3. The minimum atomic E-state index is -4.33. The van der Waals surface area contributed by atoms with Gasteiger partial charge in [-0.05, 0) is 45.0 Å². The van der Waals surface area contributed by atoms with Gasteiger partial charge in [-0.3, -0.25) is 0 Å². The summed E-state index contributed by atoms with van der Waals surface area (Å²) < 4.78 is 39.2. The van der Waals surface area contributed by atoms with Crippen molar-refractivity contribution in [1.29, 1.82) is 0 Å². The molecule has 0 aliphatic carbocycles. The van der Waals surface area contributed by atoms with Crippen molar-refractivity contribution in [2.24, 2.45) is 5.73 Å². The van der Waals surface area contributed by atoms with Crippen molar-refractivity contribution in [1.82, 2.24) is 9.78 Å². The maximum atomic E-state index is 12.5. The SMILES string of the molecule is Cc1c(C(C)(C)N)cnn1-c1ccc(C(F)(F)F)cc1. The van der Waals surface area contributed by atoms with Crippen LogP contribution in [0.25, 0.3) is 5.69 Å². The summed E-state index contributed by atoms with van der Waals surface area (Å²) in [6, 6.07) is 4.89. The lowest BCUT2D eigenvalue weighted by atomic mass is 9.97. The Bertz CT molecular complexity index is 604. The first-order valence-electron chi connectivity index (χ1n) is 6.12. The summed E-state index contributed by atoms with van der Waals surface area (Å²) in [4.78, 5) is 0. The number of nitrogens with two attached hydrogens (primary N) is 1. The molecule has 0 radical (unpaired) electrons. The van der Waals surface area contributed by atoms with E-state index in [0.717, 1.165) is 23.4 Å². The van der Waals surface area contributed by atoms with Crippen LogP contribution in [0.1, 0.15) is 30.7 Å². The molecule has 0 saturated heterocycles. The van der Waals surface area contributed by atoms with Gasteiger partial charge in [0.1, 0.15) is 0 Å². The minimum absolute atomic E-state index is 0.547. The van der Waals surface area contributed by atoms with Crippen molar-refractivity contribution in [2.75, 3.05) is 0 Å². The highest BCUT2D eigenvalue weighted by molar-refractivity contribution is 5.39. The van der Waals surface area contributed by atoms with Gasteiger partial charge in [-0.25, -0.2) is 4.68 Å². The van der Waals surface area contributed by atoms with E-state index < -0.39 is 17.3 Å². The molecule has 0 aliphatic rings. The lowest BCUT2D eigenvalue weighted by Gasteiger charge is -2.18. The van der Waals surface area contributed by atoms with Crippen molar-refractivity contribution in [2.45, 2.75) is 32.5 Å². The van der Waals surface area contributed by atoms with Crippen LogP contribution in [0.3, 0.4) is 0 Å². The molecule has 108 valence electrons. The van der Waals surface area contributed by atoms with E-state index >= 15 is 0 Å². The molecule has 6 heteroatoms. The molecule has 0 aliphatic heterocycles. The standard InChI is InChI=1S/C14H16F3N3/c1-9-12(13(2,3)18)8-19-20(9)11-6-4-10(5-7-11)14(15,16)17/h4-8H,18H2,1-3H3. The number of nitrogens with zero attached hydrogens (tertiary/aromatic N) is 2. The predicted molar refractivity (Wildman–Crippen MR) is 70.5 cm³/mol. The van der Waals surface area contributed by atoms with Crippen molar-refractivity contribution >= 4 is 0 Å². The first-order valence-corrected chi connectivity index (χ1v) is 6.12. The lowest BCUT2D eigenvalue weighted by molar-refractivity contribution is -0.137. The van der Waals surface area contributed by atoms with Gasteiger partial charge in [-0.2, -0.15) is 18.3 Å². The molecule has 0 fully saturated rings. The fourth-order valence-electron chi connectivity index (χ4n) is 2.09. The van der Waals surface area contributed by atoms with E-state index in [2.05, 4.69) is 5.10 Å². The Labute approximate surface area is 115 Å². The van der Waals surface area contributed by atoms with Gasteiger partial charge in [0.2, 0.25) is 0 Å². The second kappa shape index (κ2) is 4.63. The zero-order valence-electron chi connectivity index (χ0n) is 11.5. The maximum Gasteiger partial charge on any atom is 0.416 e. The van der Waals surface area contributed by atoms with E-state index in [9.17, 15) is 13.2 Å². The quantitative estimate of drug-likeness (QED) is 0.918. The Morgan fingerprint density at radius 3 is 2.05 bits per heavy atom. The molecule has 0 spiro atoms. The van der Waals surface area contributed by atoms with Crippen LogP contribution in [0, 0.1) is 6.92 Å². The molecule has 0 unspecified atom stereocenters. The van der Waals surface area contributed by atoms with Crippen LogP contribution in [-0.4, -0.2) is 9.78 Å². The highest BCUT2D eigenvalue weighted by Crippen LogP contribution is 2.30. The Kier molecular flexibility index (Phi) is 3.37. The number of hydrogen-bond donors (Lipinski definition) is 1. The molecule has 2 N–H and O–H groups in total. The molecular weight excluding hydrogens is 267 g/mol. The number of alkyl halides is 3. The summed E-state index contributed by atoms with van der Waals surface area (Å²) in [5.41, 5.74) is 7.06. The Morgan fingerprint density at radius 2 is 1.65 bits per heavy atom. The van der Waals surface area contributed by atoms with Crippen LogP contribution in [-0.2, 0) is 11.7 Å². The number of benzene rings is 1. The van der Waals surface area contributed by atoms with Crippen molar-refractivity contribution in [3.8, 4) is 5.69 Å². The molecule has 0 bridgehead atoms. The Balaban J connectivity index is 2.41. The van der Waals surface area contributed by atoms with E-state index in [1.807, 2.05) is 20.8 Å². The van der Waals surface area contributed by atoms with E-state index in [1.54, 1.807) is 10.9 Å². The third-order valence-electron chi connectivity index (χ3n) is 3.14. The van der Waals surface area contributed by atoms with Crippen molar-refractivity contribution in [3.63, 3.8) is 0 Å². The molecule has 2 aromatic rings. The van der Waals surface area contributed by atoms with Crippen LogP contribution in [0.5, 0.6) is 0 Å². The second-order valence-corrected chi connectivity index (χ2v) is 5.32. The van der Waals surface area contributed by atoms with Gasteiger partial charge in [0.15, 0.2) is 0 Å². The highest BCUT2D eigenvalue weighted by Gasteiger charge is 2.30. The minimum Gasteiger partial charge on any atom is -0.322 e. The maximum absolute atomic E-state index is 12.5. The monoisotopic (exact) mass is 283 g/mol. The molecule has 0 saturated carbocycles. The van der Waals surface area contributed by atoms with E-state index in [0.29, 0.717) is 5.69 Å². The smallest absolute Gasteiger partial charge is 0.322 e. The molecule has 1 aromatic carbocycles. The lowest BCUT2D eigenvalue weighted by Crippen LogP contribution is -2.29. The number of hydrogen-bond acceptors (Lipinski definition) is 2. The van der Waals surface area contributed by atoms with Crippen LogP contribution in [0.15, 0.2) is 30.5 Å². The van der Waals surface area contributed by atoms with E-state index in [1.165, 1.54) is 12.1 Å². The van der Waals surface area contributed by atoms with Gasteiger partial charge in [0.05, 0.1) is 17.4 Å². The van der Waals surface area contributed by atoms with Gasteiger partial charge in [-0.15, -0.1) is 0 Å². The fraction of sp³-hybridized carbons (Fsp3) is 0.357. The summed E-state index contributed by atoms with van der Waals surface area (Å²) in [6.07, 6.45) is -2.69. The molecule has 1 heterocycles. The van der Waals surface area contributed by atoms with Crippen LogP contribution in [0.4, 0.5) is 13.2 Å². The normalized spacial score (nSPS) is 12.8. The summed E-state index contributed by atoms with van der Waals surface area (Å²) in [5.74, 6) is 0. The summed E-state index contributed by atoms with van der Waals surface area (Å²) in [6.45, 7) is 5.55. The zero-order valence-corrected chi connectivity index (χ0v) is 11.5. The first-order chi connectivity index (χ1) is 9.10. The average Bonchev–Trinajstić information content (AvgIpc) is 2.70. The summed E-state index contributed by atoms with van der Waals surface area (Å²) >= 11 is 0. The van der Waals surface area contributed by atoms with E-state index in [-0.39, 0.29) is 0 Å². The predicted octanol–water partition coefficient (Wildman–Crippen LogP) is 3.39. The van der Waals surface area contributed by atoms with Crippen LogP contribution in [0.2, 0.25) is 0 Å². The zero-order chi connectivity index (χ0) is 15.1. The second-order valence-electron chi connectivity index (χ2n) is 5.32. The third-order valence-corrected chi connectivity index (χ3v) is 3.14. The molecule has 1 aromatic heterocycles. The van der Waals surface area contributed by atoms with Crippen molar-refractivity contribution < 1.29 is 13.2 Å². The van der Waals surface area contributed by atoms with Gasteiger partial charge in [0.25, 0.3) is 0 Å². The molecule has 20 heavy (non-hydrogen) atoms. The van der Waals surface area contributed by atoms with Gasteiger partial charge < -0.3 is 5.73 Å². The average molecular weight is 283 g/mol. The molecular formula is C14H16F3N3. The topological polar surface area (TPSA) is 43.8 Å². The Morgan fingerprint density at radius 1 is 1.10 bits per heavy atom. The summed E-state index contributed by atoms with van der Waals surface area (Å²) in [5, 5.41) is 4.20. The molecule has 0 amide bonds. The molecule has 0 atom stereocenters. The van der Waals surface area contributed by atoms with Gasteiger partial charge in [0, 0.05) is 16.8 Å². The summed E-state index contributed by atoms with van der Waals surface area (Å²) in [7, 11) is 0. The fourth-order valence-corrected chi connectivity index (χ4v) is 2.09. The number of rotatable bonds is 2. The van der Waals surface area contributed by atoms with Gasteiger partial charge in [-0.1, -0.05) is 0 Å². The third kappa shape index (κ3) is 2.70. The highest BCUT2D eigenvalue weighted by atomic mass is 19.4. The first kappa shape index (κ1) is 14.6. The van der Waals surface area contributed by atoms with Crippen LogP contribution < -0.4 is 5.73 Å². The van der Waals surface area contributed by atoms with Crippen molar-refractivity contribution in [3.05, 3.63) is 47.3 Å². The number of aromatic nitrogens is 2. The molecule has 3 nitrogen and oxygen atoms in total. The van der Waals surface area contributed by atoms with Crippen LogP contribution >= 0.6 is 0 Å². The Hall–Kier alpha value is -1.82. The largest absolute Gasteiger partial charge is 0.416 e. The van der Waals surface area contributed by atoms with Gasteiger partial charge >= 0.3 is 6.18 Å². The van der Waals surface area contributed by atoms with E-state index in [4.69, 9.17) is 5.73 Å². The molecule has 2 rings (SSSR count).